The Morgan fingerprint density at radius 1 is 0.786 bits per heavy atom. The predicted octanol–water partition coefficient (Wildman–Crippen LogP) is 4.69. The molecule has 1 atom stereocenters. The second-order valence-electron chi connectivity index (χ2n) is 6.58. The van der Waals surface area contributed by atoms with Gasteiger partial charge in [-0.15, -0.1) is 0 Å². The van der Waals surface area contributed by atoms with Gasteiger partial charge in [0.1, 0.15) is 0 Å². The highest BCUT2D eigenvalue weighted by Gasteiger charge is 2.23. The molecule has 0 aliphatic heterocycles. The first-order valence-corrected chi connectivity index (χ1v) is 9.33. The van der Waals surface area contributed by atoms with Crippen LogP contribution in [0.25, 0.3) is 0 Å². The number of ether oxygens (including phenoxy) is 2. The Kier molecular flexibility index (Phi) is 6.68. The van der Waals surface area contributed by atoms with E-state index in [0.717, 1.165) is 11.1 Å². The zero-order valence-corrected chi connectivity index (χ0v) is 16.2. The fourth-order valence-electron chi connectivity index (χ4n) is 3.03. The quantitative estimate of drug-likeness (QED) is 0.573. The first-order chi connectivity index (χ1) is 13.7. The third kappa shape index (κ3) is 5.13. The molecular weight excluding hydrogens is 350 g/mol. The van der Waals surface area contributed by atoms with E-state index < -0.39 is 6.10 Å². The van der Waals surface area contributed by atoms with Crippen molar-refractivity contribution in [1.82, 2.24) is 4.90 Å². The van der Waals surface area contributed by atoms with Gasteiger partial charge in [0.05, 0.1) is 7.11 Å². The van der Waals surface area contributed by atoms with Gasteiger partial charge in [0.25, 0.3) is 5.91 Å². The van der Waals surface area contributed by atoms with E-state index in [2.05, 4.69) is 0 Å². The summed E-state index contributed by atoms with van der Waals surface area (Å²) in [5.74, 6) is 1.10. The minimum atomic E-state index is -0.635. The third-order valence-corrected chi connectivity index (χ3v) is 4.46. The molecule has 3 rings (SSSR count). The van der Waals surface area contributed by atoms with E-state index in [1.54, 1.807) is 20.1 Å². The molecule has 3 aromatic carbocycles. The number of carbonyl (C=O) groups excluding carboxylic acids is 1. The van der Waals surface area contributed by atoms with Crippen LogP contribution in [0.15, 0.2) is 84.9 Å². The Hall–Kier alpha value is -3.27. The van der Waals surface area contributed by atoms with E-state index in [0.29, 0.717) is 24.6 Å². The maximum atomic E-state index is 13.2. The maximum absolute atomic E-state index is 13.2. The Bertz CT molecular complexity index is 839. The van der Waals surface area contributed by atoms with Crippen molar-refractivity contribution in [2.45, 2.75) is 26.1 Å². The summed E-state index contributed by atoms with van der Waals surface area (Å²) in [6.07, 6.45) is -0.635. The first kappa shape index (κ1) is 19.5. The number of nitrogens with zero attached hydrogens (tertiary/aromatic N) is 1. The van der Waals surface area contributed by atoms with Gasteiger partial charge in [-0.3, -0.25) is 4.79 Å². The fourth-order valence-corrected chi connectivity index (χ4v) is 3.03. The Labute approximate surface area is 166 Å². The van der Waals surface area contributed by atoms with Crippen LogP contribution in [-0.2, 0) is 17.9 Å². The molecule has 0 saturated heterocycles. The van der Waals surface area contributed by atoms with Gasteiger partial charge in [0.15, 0.2) is 17.6 Å². The lowest BCUT2D eigenvalue weighted by Gasteiger charge is -2.27. The summed E-state index contributed by atoms with van der Waals surface area (Å²) in [6.45, 7) is 2.82. The highest BCUT2D eigenvalue weighted by atomic mass is 16.5. The lowest BCUT2D eigenvalue weighted by Crippen LogP contribution is -2.39. The molecule has 1 amide bonds. The lowest BCUT2D eigenvalue weighted by molar-refractivity contribution is -0.139. The summed E-state index contributed by atoms with van der Waals surface area (Å²) in [5, 5.41) is 0. The van der Waals surface area contributed by atoms with Crippen LogP contribution >= 0.6 is 0 Å². The van der Waals surface area contributed by atoms with Gasteiger partial charge < -0.3 is 14.4 Å². The minimum Gasteiger partial charge on any atom is -0.493 e. The second kappa shape index (κ2) is 9.60. The molecule has 0 heterocycles. The summed E-state index contributed by atoms with van der Waals surface area (Å²) >= 11 is 0. The third-order valence-electron chi connectivity index (χ3n) is 4.46. The van der Waals surface area contributed by atoms with Crippen molar-refractivity contribution >= 4 is 5.91 Å². The van der Waals surface area contributed by atoms with Gasteiger partial charge in [-0.1, -0.05) is 72.8 Å². The molecule has 144 valence electrons. The van der Waals surface area contributed by atoms with Crippen LogP contribution in [-0.4, -0.2) is 24.0 Å². The van der Waals surface area contributed by atoms with E-state index in [4.69, 9.17) is 9.47 Å². The Morgan fingerprint density at radius 3 is 1.75 bits per heavy atom. The zero-order chi connectivity index (χ0) is 19.8. The molecule has 0 N–H and O–H groups in total. The number of carbonyl (C=O) groups is 1. The topological polar surface area (TPSA) is 38.8 Å². The lowest BCUT2D eigenvalue weighted by atomic mass is 10.1. The van der Waals surface area contributed by atoms with E-state index in [1.165, 1.54) is 0 Å². The number of amides is 1. The monoisotopic (exact) mass is 375 g/mol. The number of para-hydroxylation sites is 2. The summed E-state index contributed by atoms with van der Waals surface area (Å²) < 4.78 is 11.3. The van der Waals surface area contributed by atoms with Crippen molar-refractivity contribution in [3.63, 3.8) is 0 Å². The molecular formula is C24H25NO3. The fraction of sp³-hybridized carbons (Fsp3) is 0.208. The average Bonchev–Trinajstić information content (AvgIpc) is 2.74. The normalized spacial score (nSPS) is 11.5. The van der Waals surface area contributed by atoms with Crippen molar-refractivity contribution in [2.24, 2.45) is 0 Å². The average molecular weight is 375 g/mol. The van der Waals surface area contributed by atoms with Crippen LogP contribution in [0.5, 0.6) is 11.5 Å². The van der Waals surface area contributed by atoms with Gasteiger partial charge in [-0.25, -0.2) is 0 Å². The number of hydrogen-bond donors (Lipinski definition) is 0. The number of benzene rings is 3. The van der Waals surface area contributed by atoms with Crippen molar-refractivity contribution in [3.05, 3.63) is 96.1 Å². The van der Waals surface area contributed by atoms with Crippen LogP contribution in [0.4, 0.5) is 0 Å². The standard InChI is InChI=1S/C24H25NO3/c1-19(28-23-16-10-9-15-22(23)27-2)24(26)25(17-20-11-5-3-6-12-20)18-21-13-7-4-8-14-21/h3-16,19H,17-18H2,1-2H3/t19-/m0/s1. The number of hydrogen-bond acceptors (Lipinski definition) is 3. The molecule has 0 fully saturated rings. The molecule has 3 aromatic rings. The molecule has 4 heteroatoms. The molecule has 0 aliphatic rings. The summed E-state index contributed by atoms with van der Waals surface area (Å²) in [6, 6.07) is 27.3. The van der Waals surface area contributed by atoms with Crippen LogP contribution in [0.2, 0.25) is 0 Å². The van der Waals surface area contributed by atoms with E-state index >= 15 is 0 Å². The van der Waals surface area contributed by atoms with Crippen molar-refractivity contribution in [3.8, 4) is 11.5 Å². The molecule has 0 saturated carbocycles. The number of methoxy groups -OCH3 is 1. The van der Waals surface area contributed by atoms with Gasteiger partial charge in [0.2, 0.25) is 0 Å². The van der Waals surface area contributed by atoms with Gasteiger partial charge in [-0.05, 0) is 30.2 Å². The van der Waals surface area contributed by atoms with Crippen molar-refractivity contribution in [1.29, 1.82) is 0 Å². The van der Waals surface area contributed by atoms with Crippen LogP contribution in [0, 0.1) is 0 Å². The SMILES string of the molecule is COc1ccccc1O[C@@H](C)C(=O)N(Cc1ccccc1)Cc1ccccc1. The van der Waals surface area contributed by atoms with Crippen molar-refractivity contribution < 1.29 is 14.3 Å². The highest BCUT2D eigenvalue weighted by molar-refractivity contribution is 5.81. The second-order valence-corrected chi connectivity index (χ2v) is 6.58. The van der Waals surface area contributed by atoms with E-state index in [1.807, 2.05) is 83.8 Å². The molecule has 0 aromatic heterocycles. The van der Waals surface area contributed by atoms with Gasteiger partial charge in [0, 0.05) is 13.1 Å². The van der Waals surface area contributed by atoms with E-state index in [9.17, 15) is 4.79 Å². The molecule has 0 bridgehead atoms. The molecule has 28 heavy (non-hydrogen) atoms. The Balaban J connectivity index is 1.78. The minimum absolute atomic E-state index is 0.0707. The van der Waals surface area contributed by atoms with Gasteiger partial charge in [-0.2, -0.15) is 0 Å². The molecule has 0 aliphatic carbocycles. The number of rotatable bonds is 8. The molecule has 0 unspecified atom stereocenters. The predicted molar refractivity (Wildman–Crippen MR) is 110 cm³/mol. The van der Waals surface area contributed by atoms with Crippen LogP contribution < -0.4 is 9.47 Å². The summed E-state index contributed by atoms with van der Waals surface area (Å²) in [7, 11) is 1.59. The molecule has 4 nitrogen and oxygen atoms in total. The summed E-state index contributed by atoms with van der Waals surface area (Å²) in [4.78, 5) is 15.0. The van der Waals surface area contributed by atoms with E-state index in [-0.39, 0.29) is 5.91 Å². The van der Waals surface area contributed by atoms with Crippen LogP contribution in [0.3, 0.4) is 0 Å². The first-order valence-electron chi connectivity index (χ1n) is 9.33. The highest BCUT2D eigenvalue weighted by Crippen LogP contribution is 2.27. The largest absolute Gasteiger partial charge is 0.493 e. The van der Waals surface area contributed by atoms with Crippen LogP contribution in [0.1, 0.15) is 18.1 Å². The Morgan fingerprint density at radius 2 is 1.25 bits per heavy atom. The zero-order valence-electron chi connectivity index (χ0n) is 16.2. The maximum Gasteiger partial charge on any atom is 0.263 e. The molecule has 0 radical (unpaired) electrons. The van der Waals surface area contributed by atoms with Crippen molar-refractivity contribution in [2.75, 3.05) is 7.11 Å². The summed E-state index contributed by atoms with van der Waals surface area (Å²) in [5.41, 5.74) is 2.16. The smallest absolute Gasteiger partial charge is 0.263 e. The van der Waals surface area contributed by atoms with Gasteiger partial charge >= 0.3 is 0 Å². The molecule has 0 spiro atoms.